The van der Waals surface area contributed by atoms with Crippen molar-refractivity contribution in [3.63, 3.8) is 0 Å². The second kappa shape index (κ2) is 6.76. The minimum Gasteiger partial charge on any atom is -0.456 e. The fourth-order valence-corrected chi connectivity index (χ4v) is 2.50. The molecule has 0 aliphatic heterocycles. The SMILES string of the molecule is CC(=O)c1ccc(NC(=O)c2ccc(Cc3c(C)noc3C)o2)cc1. The molecule has 0 bridgehead atoms. The van der Waals surface area contributed by atoms with E-state index < -0.39 is 0 Å². The van der Waals surface area contributed by atoms with Gasteiger partial charge in [0.1, 0.15) is 11.5 Å². The molecule has 128 valence electrons. The Kier molecular flexibility index (Phi) is 4.52. The quantitative estimate of drug-likeness (QED) is 0.712. The average Bonchev–Trinajstić information content (AvgIpc) is 3.18. The zero-order valence-electron chi connectivity index (χ0n) is 14.3. The van der Waals surface area contributed by atoms with Crippen LogP contribution in [0.4, 0.5) is 5.69 Å². The van der Waals surface area contributed by atoms with E-state index in [2.05, 4.69) is 10.5 Å². The van der Waals surface area contributed by atoms with Crippen molar-refractivity contribution in [2.75, 3.05) is 5.32 Å². The fourth-order valence-electron chi connectivity index (χ4n) is 2.50. The number of hydrogen-bond donors (Lipinski definition) is 1. The van der Waals surface area contributed by atoms with Gasteiger partial charge in [0.05, 0.1) is 5.69 Å². The number of nitrogens with zero attached hydrogens (tertiary/aromatic N) is 1. The van der Waals surface area contributed by atoms with Crippen molar-refractivity contribution in [2.24, 2.45) is 0 Å². The van der Waals surface area contributed by atoms with Crippen molar-refractivity contribution in [1.82, 2.24) is 5.16 Å². The van der Waals surface area contributed by atoms with Gasteiger partial charge in [0.15, 0.2) is 11.5 Å². The molecule has 0 fully saturated rings. The number of carbonyl (C=O) groups excluding carboxylic acids is 2. The van der Waals surface area contributed by atoms with E-state index >= 15 is 0 Å². The Morgan fingerprint density at radius 2 is 1.80 bits per heavy atom. The summed E-state index contributed by atoms with van der Waals surface area (Å²) in [5.74, 6) is 1.25. The van der Waals surface area contributed by atoms with Crippen molar-refractivity contribution < 1.29 is 18.5 Å². The molecule has 3 aromatic rings. The monoisotopic (exact) mass is 338 g/mol. The summed E-state index contributed by atoms with van der Waals surface area (Å²) in [6, 6.07) is 10.1. The first-order valence-corrected chi connectivity index (χ1v) is 7.87. The number of anilines is 1. The molecular weight excluding hydrogens is 320 g/mol. The van der Waals surface area contributed by atoms with Crippen molar-refractivity contribution in [1.29, 1.82) is 0 Å². The molecule has 0 atom stereocenters. The van der Waals surface area contributed by atoms with E-state index in [4.69, 9.17) is 8.94 Å². The molecular formula is C19H18N2O4. The van der Waals surface area contributed by atoms with Crippen molar-refractivity contribution in [3.8, 4) is 0 Å². The van der Waals surface area contributed by atoms with Crippen molar-refractivity contribution in [3.05, 3.63) is 70.5 Å². The predicted molar refractivity (Wildman–Crippen MR) is 91.9 cm³/mol. The lowest BCUT2D eigenvalue weighted by Gasteiger charge is -2.04. The lowest BCUT2D eigenvalue weighted by Crippen LogP contribution is -2.11. The number of Topliss-reactive ketones (excluding diaryl/α,β-unsaturated/α-hetero) is 1. The Hall–Kier alpha value is -3.15. The number of rotatable bonds is 5. The first-order valence-electron chi connectivity index (χ1n) is 7.87. The Morgan fingerprint density at radius 3 is 2.40 bits per heavy atom. The van der Waals surface area contributed by atoms with Crippen LogP contribution in [0.3, 0.4) is 0 Å². The van der Waals surface area contributed by atoms with E-state index in [-0.39, 0.29) is 17.5 Å². The lowest BCUT2D eigenvalue weighted by molar-refractivity contribution is 0.0993. The number of aryl methyl sites for hydroxylation is 2. The van der Waals surface area contributed by atoms with Crippen LogP contribution in [-0.2, 0) is 6.42 Å². The molecule has 0 saturated carbocycles. The molecule has 6 nitrogen and oxygen atoms in total. The molecule has 0 spiro atoms. The molecule has 0 saturated heterocycles. The average molecular weight is 338 g/mol. The van der Waals surface area contributed by atoms with E-state index in [1.165, 1.54) is 6.92 Å². The molecule has 1 N–H and O–H groups in total. The zero-order valence-corrected chi connectivity index (χ0v) is 14.3. The van der Waals surface area contributed by atoms with E-state index in [9.17, 15) is 9.59 Å². The third-order valence-electron chi connectivity index (χ3n) is 3.97. The van der Waals surface area contributed by atoms with Gasteiger partial charge < -0.3 is 14.3 Å². The molecule has 0 radical (unpaired) electrons. The van der Waals surface area contributed by atoms with E-state index in [0.29, 0.717) is 23.4 Å². The number of benzene rings is 1. The molecule has 0 aliphatic carbocycles. The fraction of sp³-hybridized carbons (Fsp3) is 0.211. The third-order valence-corrected chi connectivity index (χ3v) is 3.97. The largest absolute Gasteiger partial charge is 0.456 e. The highest BCUT2D eigenvalue weighted by Crippen LogP contribution is 2.20. The smallest absolute Gasteiger partial charge is 0.291 e. The van der Waals surface area contributed by atoms with Gasteiger partial charge in [-0.15, -0.1) is 0 Å². The second-order valence-corrected chi connectivity index (χ2v) is 5.83. The second-order valence-electron chi connectivity index (χ2n) is 5.83. The van der Waals surface area contributed by atoms with Crippen LogP contribution in [0.1, 0.15) is 50.6 Å². The van der Waals surface area contributed by atoms with Gasteiger partial charge in [0.25, 0.3) is 5.91 Å². The molecule has 0 aliphatic rings. The van der Waals surface area contributed by atoms with Gasteiger partial charge in [-0.3, -0.25) is 9.59 Å². The number of furan rings is 1. The van der Waals surface area contributed by atoms with Crippen LogP contribution in [0.15, 0.2) is 45.3 Å². The normalized spacial score (nSPS) is 10.7. The molecule has 1 amide bonds. The van der Waals surface area contributed by atoms with Crippen LogP contribution in [0.5, 0.6) is 0 Å². The zero-order chi connectivity index (χ0) is 18.0. The van der Waals surface area contributed by atoms with Gasteiger partial charge in [-0.1, -0.05) is 5.16 Å². The summed E-state index contributed by atoms with van der Waals surface area (Å²) in [5, 5.41) is 6.65. The number of carbonyl (C=O) groups is 2. The van der Waals surface area contributed by atoms with Crippen LogP contribution in [0.25, 0.3) is 0 Å². The standard InChI is InChI=1S/C19H18N2O4/c1-11-17(13(3)25-21-11)10-16-8-9-18(24-16)19(23)20-15-6-4-14(5-7-15)12(2)22/h4-9H,10H2,1-3H3,(H,20,23). The number of nitrogens with one attached hydrogen (secondary N) is 1. The number of hydrogen-bond acceptors (Lipinski definition) is 5. The molecule has 25 heavy (non-hydrogen) atoms. The van der Waals surface area contributed by atoms with Crippen LogP contribution in [0, 0.1) is 13.8 Å². The summed E-state index contributed by atoms with van der Waals surface area (Å²) in [6.07, 6.45) is 0.516. The van der Waals surface area contributed by atoms with Crippen LogP contribution >= 0.6 is 0 Å². The summed E-state index contributed by atoms with van der Waals surface area (Å²) >= 11 is 0. The predicted octanol–water partition coefficient (Wildman–Crippen LogP) is 3.93. The molecule has 0 unspecified atom stereocenters. The number of ketones is 1. The lowest BCUT2D eigenvalue weighted by atomic mass is 10.1. The summed E-state index contributed by atoms with van der Waals surface area (Å²) in [5.41, 5.74) is 2.96. The van der Waals surface area contributed by atoms with Gasteiger partial charge in [-0.25, -0.2) is 0 Å². The van der Waals surface area contributed by atoms with E-state index in [0.717, 1.165) is 17.0 Å². The highest BCUT2D eigenvalue weighted by Gasteiger charge is 2.15. The minimum atomic E-state index is -0.347. The Bertz CT molecular complexity index is 900. The maximum absolute atomic E-state index is 12.3. The van der Waals surface area contributed by atoms with Crippen LogP contribution in [0.2, 0.25) is 0 Å². The van der Waals surface area contributed by atoms with Crippen molar-refractivity contribution >= 4 is 17.4 Å². The highest BCUT2D eigenvalue weighted by molar-refractivity contribution is 6.02. The van der Waals surface area contributed by atoms with Gasteiger partial charge in [0.2, 0.25) is 0 Å². The van der Waals surface area contributed by atoms with Crippen molar-refractivity contribution in [2.45, 2.75) is 27.2 Å². The Balaban J connectivity index is 1.69. The minimum absolute atomic E-state index is 0.0205. The first-order chi connectivity index (χ1) is 11.9. The number of amides is 1. The van der Waals surface area contributed by atoms with Gasteiger partial charge in [-0.05, 0) is 57.2 Å². The van der Waals surface area contributed by atoms with E-state index in [1.807, 2.05) is 13.8 Å². The van der Waals surface area contributed by atoms with Crippen LogP contribution < -0.4 is 5.32 Å². The summed E-state index contributed by atoms with van der Waals surface area (Å²) in [4.78, 5) is 23.5. The molecule has 1 aromatic carbocycles. The maximum atomic E-state index is 12.3. The van der Waals surface area contributed by atoms with Gasteiger partial charge in [-0.2, -0.15) is 0 Å². The molecule has 6 heteroatoms. The molecule has 2 heterocycles. The first kappa shape index (κ1) is 16.7. The highest BCUT2D eigenvalue weighted by atomic mass is 16.5. The van der Waals surface area contributed by atoms with Gasteiger partial charge >= 0.3 is 0 Å². The Morgan fingerprint density at radius 1 is 1.08 bits per heavy atom. The topological polar surface area (TPSA) is 85.3 Å². The maximum Gasteiger partial charge on any atom is 0.291 e. The Labute approximate surface area is 144 Å². The molecule has 2 aromatic heterocycles. The number of aromatic nitrogens is 1. The summed E-state index contributed by atoms with van der Waals surface area (Å²) < 4.78 is 10.8. The van der Waals surface area contributed by atoms with Gasteiger partial charge in [0, 0.05) is 23.2 Å². The third kappa shape index (κ3) is 3.68. The van der Waals surface area contributed by atoms with E-state index in [1.54, 1.807) is 36.4 Å². The summed E-state index contributed by atoms with van der Waals surface area (Å²) in [6.45, 7) is 5.21. The summed E-state index contributed by atoms with van der Waals surface area (Å²) in [7, 11) is 0. The van der Waals surface area contributed by atoms with Crippen LogP contribution in [-0.4, -0.2) is 16.8 Å². The molecule has 3 rings (SSSR count).